The van der Waals surface area contributed by atoms with Gasteiger partial charge in [-0.15, -0.1) is 0 Å². The monoisotopic (exact) mass is 467 g/mol. The van der Waals surface area contributed by atoms with E-state index in [1.165, 1.54) is 0 Å². The summed E-state index contributed by atoms with van der Waals surface area (Å²) in [6.45, 7) is 5.56. The van der Waals surface area contributed by atoms with E-state index < -0.39 is 0 Å². The Morgan fingerprint density at radius 1 is 1.10 bits per heavy atom. The van der Waals surface area contributed by atoms with Crippen LogP contribution in [0.5, 0.6) is 0 Å². The molecule has 1 aromatic carbocycles. The Kier molecular flexibility index (Phi) is 6.34. The summed E-state index contributed by atoms with van der Waals surface area (Å²) >= 11 is 18.2. The highest BCUT2D eigenvalue weighted by Gasteiger charge is 2.28. The van der Waals surface area contributed by atoms with Crippen LogP contribution in [-0.2, 0) is 13.1 Å². The average Bonchev–Trinajstić information content (AvgIpc) is 3.30. The van der Waals surface area contributed by atoms with Crippen molar-refractivity contribution in [2.75, 3.05) is 26.2 Å². The summed E-state index contributed by atoms with van der Waals surface area (Å²) in [5, 5.41) is 10.00. The van der Waals surface area contributed by atoms with Gasteiger partial charge in [-0.05, 0) is 24.6 Å². The molecule has 7 nitrogen and oxygen atoms in total. The van der Waals surface area contributed by atoms with E-state index in [1.54, 1.807) is 35.0 Å². The standard InChI is InChI=1S/C20H20Cl3N5O2/c1-13-17(12-28-11-16(22)9-24-28)19(25-30-13)20(29)27-6-4-26(5-7-27)10-14-2-3-15(21)8-18(14)23/h2-3,8-9,11H,4-7,10,12H2,1H3. The van der Waals surface area contributed by atoms with Gasteiger partial charge in [0, 0.05) is 54.5 Å². The van der Waals surface area contributed by atoms with Gasteiger partial charge in [0.15, 0.2) is 5.69 Å². The molecule has 0 bridgehead atoms. The third-order valence-corrected chi connectivity index (χ3v) is 5.96. The van der Waals surface area contributed by atoms with Crippen LogP contribution in [-0.4, -0.2) is 56.8 Å². The maximum atomic E-state index is 13.1. The first-order chi connectivity index (χ1) is 14.4. The molecule has 10 heteroatoms. The number of aromatic nitrogens is 3. The minimum Gasteiger partial charge on any atom is -0.361 e. The van der Waals surface area contributed by atoms with Crippen molar-refractivity contribution in [3.63, 3.8) is 0 Å². The molecule has 158 valence electrons. The fraction of sp³-hybridized carbons (Fsp3) is 0.350. The Hall–Kier alpha value is -2.06. The molecule has 3 aromatic rings. The van der Waals surface area contributed by atoms with Gasteiger partial charge in [0.2, 0.25) is 0 Å². The number of hydrogen-bond donors (Lipinski definition) is 0. The van der Waals surface area contributed by atoms with Crippen molar-refractivity contribution in [3.8, 4) is 0 Å². The van der Waals surface area contributed by atoms with Crippen molar-refractivity contribution in [3.05, 3.63) is 68.2 Å². The Morgan fingerprint density at radius 3 is 2.53 bits per heavy atom. The van der Waals surface area contributed by atoms with Crippen molar-refractivity contribution in [2.24, 2.45) is 0 Å². The smallest absolute Gasteiger partial charge is 0.276 e. The summed E-state index contributed by atoms with van der Waals surface area (Å²) < 4.78 is 6.96. The number of benzene rings is 1. The Bertz CT molecular complexity index is 1060. The van der Waals surface area contributed by atoms with Gasteiger partial charge in [-0.25, -0.2) is 0 Å². The van der Waals surface area contributed by atoms with Crippen LogP contribution in [0.3, 0.4) is 0 Å². The van der Waals surface area contributed by atoms with E-state index in [4.69, 9.17) is 39.3 Å². The van der Waals surface area contributed by atoms with E-state index in [9.17, 15) is 4.79 Å². The lowest BCUT2D eigenvalue weighted by molar-refractivity contribution is 0.0617. The fourth-order valence-electron chi connectivity index (χ4n) is 3.48. The molecular formula is C20H20Cl3N5O2. The summed E-state index contributed by atoms with van der Waals surface area (Å²) in [5.41, 5.74) is 2.07. The molecule has 0 aliphatic carbocycles. The topological polar surface area (TPSA) is 67.4 Å². The van der Waals surface area contributed by atoms with Crippen LogP contribution in [0.25, 0.3) is 0 Å². The molecule has 0 unspecified atom stereocenters. The number of aryl methyl sites for hydroxylation is 1. The van der Waals surface area contributed by atoms with Gasteiger partial charge < -0.3 is 9.42 Å². The van der Waals surface area contributed by atoms with E-state index in [0.717, 1.165) is 24.2 Å². The molecule has 4 rings (SSSR count). The highest BCUT2D eigenvalue weighted by molar-refractivity contribution is 6.35. The molecule has 1 aliphatic rings. The first-order valence-corrected chi connectivity index (χ1v) is 10.6. The van der Waals surface area contributed by atoms with Crippen LogP contribution in [0.1, 0.15) is 27.4 Å². The predicted molar refractivity (Wildman–Crippen MR) is 115 cm³/mol. The van der Waals surface area contributed by atoms with Gasteiger partial charge >= 0.3 is 0 Å². The number of hydrogen-bond acceptors (Lipinski definition) is 5. The van der Waals surface area contributed by atoms with Crippen LogP contribution in [0.15, 0.2) is 35.1 Å². The van der Waals surface area contributed by atoms with E-state index >= 15 is 0 Å². The summed E-state index contributed by atoms with van der Waals surface area (Å²) in [4.78, 5) is 17.1. The first-order valence-electron chi connectivity index (χ1n) is 9.49. The third-order valence-electron chi connectivity index (χ3n) is 5.18. The van der Waals surface area contributed by atoms with Crippen molar-refractivity contribution in [1.82, 2.24) is 24.7 Å². The Labute approximate surface area is 189 Å². The van der Waals surface area contributed by atoms with Gasteiger partial charge in [0.05, 0.1) is 17.8 Å². The molecule has 1 fully saturated rings. The molecular weight excluding hydrogens is 449 g/mol. The maximum Gasteiger partial charge on any atom is 0.276 e. The summed E-state index contributed by atoms with van der Waals surface area (Å²) in [7, 11) is 0. The number of carbonyl (C=O) groups is 1. The highest BCUT2D eigenvalue weighted by Crippen LogP contribution is 2.23. The number of amides is 1. The number of rotatable bonds is 5. The van der Waals surface area contributed by atoms with Gasteiger partial charge in [-0.2, -0.15) is 5.10 Å². The largest absolute Gasteiger partial charge is 0.361 e. The van der Waals surface area contributed by atoms with Crippen molar-refractivity contribution in [1.29, 1.82) is 0 Å². The number of piperazine rings is 1. The van der Waals surface area contributed by atoms with Crippen LogP contribution < -0.4 is 0 Å². The zero-order valence-electron chi connectivity index (χ0n) is 16.3. The molecule has 3 heterocycles. The first kappa shape index (κ1) is 21.2. The number of nitrogens with zero attached hydrogens (tertiary/aromatic N) is 5. The van der Waals surface area contributed by atoms with Gasteiger partial charge in [0.1, 0.15) is 5.76 Å². The van der Waals surface area contributed by atoms with Gasteiger partial charge in [0.25, 0.3) is 5.91 Å². The van der Waals surface area contributed by atoms with Crippen molar-refractivity contribution in [2.45, 2.75) is 20.0 Å². The fourth-order valence-corrected chi connectivity index (χ4v) is 4.11. The van der Waals surface area contributed by atoms with Crippen molar-refractivity contribution >= 4 is 40.7 Å². The molecule has 0 N–H and O–H groups in total. The van der Waals surface area contributed by atoms with E-state index in [1.807, 2.05) is 12.1 Å². The SMILES string of the molecule is Cc1onc(C(=O)N2CCN(Cc3ccc(Cl)cc3Cl)CC2)c1Cn1cc(Cl)cn1. The molecule has 1 saturated heterocycles. The molecule has 0 saturated carbocycles. The Morgan fingerprint density at radius 2 is 1.87 bits per heavy atom. The molecule has 0 atom stereocenters. The lowest BCUT2D eigenvalue weighted by Crippen LogP contribution is -2.48. The maximum absolute atomic E-state index is 13.1. The molecule has 0 radical (unpaired) electrons. The second-order valence-corrected chi connectivity index (χ2v) is 8.51. The van der Waals surface area contributed by atoms with Crippen molar-refractivity contribution < 1.29 is 9.32 Å². The number of carbonyl (C=O) groups excluding carboxylic acids is 1. The van der Waals surface area contributed by atoms with Crippen LogP contribution in [0, 0.1) is 6.92 Å². The summed E-state index contributed by atoms with van der Waals surface area (Å²) in [5.74, 6) is 0.463. The molecule has 1 aliphatic heterocycles. The quantitative estimate of drug-likeness (QED) is 0.563. The minimum absolute atomic E-state index is 0.135. The van der Waals surface area contributed by atoms with E-state index in [0.29, 0.717) is 52.7 Å². The molecule has 1 amide bonds. The van der Waals surface area contributed by atoms with Gasteiger partial charge in [-0.1, -0.05) is 46.0 Å². The van der Waals surface area contributed by atoms with Crippen LogP contribution >= 0.6 is 34.8 Å². The zero-order valence-corrected chi connectivity index (χ0v) is 18.6. The Balaban J connectivity index is 1.40. The minimum atomic E-state index is -0.135. The zero-order chi connectivity index (χ0) is 21.3. The van der Waals surface area contributed by atoms with E-state index in [2.05, 4.69) is 15.2 Å². The lowest BCUT2D eigenvalue weighted by atomic mass is 10.1. The number of halogens is 3. The average molecular weight is 469 g/mol. The van der Waals surface area contributed by atoms with Crippen LogP contribution in [0.2, 0.25) is 15.1 Å². The van der Waals surface area contributed by atoms with E-state index in [-0.39, 0.29) is 5.91 Å². The predicted octanol–water partition coefficient (Wildman–Crippen LogP) is 4.15. The van der Waals surface area contributed by atoms with Gasteiger partial charge in [-0.3, -0.25) is 14.4 Å². The summed E-state index contributed by atoms with van der Waals surface area (Å²) in [6.07, 6.45) is 3.25. The second-order valence-electron chi connectivity index (χ2n) is 7.23. The molecule has 30 heavy (non-hydrogen) atoms. The normalized spacial score (nSPS) is 15.0. The molecule has 0 spiro atoms. The summed E-state index contributed by atoms with van der Waals surface area (Å²) in [6, 6.07) is 5.53. The molecule has 2 aromatic heterocycles. The third kappa shape index (κ3) is 4.64. The van der Waals surface area contributed by atoms with Crippen LogP contribution in [0.4, 0.5) is 0 Å². The highest BCUT2D eigenvalue weighted by atomic mass is 35.5. The second kappa shape index (κ2) is 8.98. The lowest BCUT2D eigenvalue weighted by Gasteiger charge is -2.34.